The molecule has 18 heavy (non-hydrogen) atoms. The van der Waals surface area contributed by atoms with E-state index in [0.29, 0.717) is 11.1 Å². The number of carbonyl (C=O) groups excluding carboxylic acids is 2. The van der Waals surface area contributed by atoms with Gasteiger partial charge >= 0.3 is 5.97 Å². The summed E-state index contributed by atoms with van der Waals surface area (Å²) in [5, 5.41) is 9.65. The van der Waals surface area contributed by atoms with E-state index in [0.717, 1.165) is 0 Å². The van der Waals surface area contributed by atoms with Crippen LogP contribution < -0.4 is 0 Å². The van der Waals surface area contributed by atoms with Gasteiger partial charge in [-0.1, -0.05) is 18.2 Å². The molecule has 0 spiro atoms. The van der Waals surface area contributed by atoms with E-state index in [1.807, 2.05) is 0 Å². The Labute approximate surface area is 105 Å². The molecule has 1 atom stereocenters. The molecular weight excluding hydrogens is 234 g/mol. The monoisotopic (exact) mass is 249 g/mol. The number of nitrogens with zero attached hydrogens (tertiary/aromatic N) is 1. The van der Waals surface area contributed by atoms with Gasteiger partial charge in [0.05, 0.1) is 13.2 Å². The maximum absolute atomic E-state index is 12.1. The fourth-order valence-electron chi connectivity index (χ4n) is 2.32. The Morgan fingerprint density at radius 1 is 1.44 bits per heavy atom. The molecule has 1 aliphatic rings. The third-order valence-electron chi connectivity index (χ3n) is 3.32. The van der Waals surface area contributed by atoms with Gasteiger partial charge in [0.25, 0.3) is 5.91 Å². The first-order valence-electron chi connectivity index (χ1n) is 5.75. The molecule has 5 nitrogen and oxygen atoms in total. The molecular formula is C13H15NO4. The molecule has 0 radical (unpaired) electrons. The maximum atomic E-state index is 12.1. The quantitative estimate of drug-likeness (QED) is 0.793. The van der Waals surface area contributed by atoms with Crippen molar-refractivity contribution in [3.8, 4) is 0 Å². The number of amides is 1. The highest BCUT2D eigenvalue weighted by molar-refractivity contribution is 6.05. The molecule has 96 valence electrons. The number of hydrogen-bond donors (Lipinski definition) is 1. The minimum atomic E-state index is -1.41. The Morgan fingerprint density at radius 2 is 2.11 bits per heavy atom. The number of esters is 1. The largest absolute Gasteiger partial charge is 0.464 e. The number of aliphatic hydroxyl groups excluding tert-OH is 1. The maximum Gasteiger partial charge on any atom is 0.339 e. The highest BCUT2D eigenvalue weighted by Gasteiger charge is 2.54. The lowest BCUT2D eigenvalue weighted by molar-refractivity contribution is -0.158. The molecule has 1 N–H and O–H groups in total. The van der Waals surface area contributed by atoms with E-state index in [1.165, 1.54) is 11.9 Å². The van der Waals surface area contributed by atoms with Crippen molar-refractivity contribution in [2.45, 2.75) is 12.5 Å². The molecule has 0 bridgehead atoms. The van der Waals surface area contributed by atoms with Crippen LogP contribution in [0.1, 0.15) is 22.8 Å². The van der Waals surface area contributed by atoms with E-state index in [9.17, 15) is 14.7 Å². The van der Waals surface area contributed by atoms with Crippen molar-refractivity contribution in [3.05, 3.63) is 35.4 Å². The molecule has 2 rings (SSSR count). The van der Waals surface area contributed by atoms with E-state index in [4.69, 9.17) is 4.74 Å². The molecule has 0 saturated carbocycles. The molecule has 1 amide bonds. The lowest BCUT2D eigenvalue weighted by atomic mass is 9.90. The van der Waals surface area contributed by atoms with Gasteiger partial charge in [0, 0.05) is 18.2 Å². The van der Waals surface area contributed by atoms with E-state index in [2.05, 4.69) is 0 Å². The number of hydrogen-bond acceptors (Lipinski definition) is 4. The van der Waals surface area contributed by atoms with E-state index in [-0.39, 0.29) is 12.5 Å². The van der Waals surface area contributed by atoms with Gasteiger partial charge in [0.15, 0.2) is 5.54 Å². The van der Waals surface area contributed by atoms with Gasteiger partial charge in [-0.25, -0.2) is 4.79 Å². The summed E-state index contributed by atoms with van der Waals surface area (Å²) in [6.07, 6.45) is 0. The minimum absolute atomic E-state index is 0.199. The first kappa shape index (κ1) is 12.6. The van der Waals surface area contributed by atoms with Crippen LogP contribution in [-0.2, 0) is 15.1 Å². The van der Waals surface area contributed by atoms with Gasteiger partial charge in [0.2, 0.25) is 0 Å². The third kappa shape index (κ3) is 1.44. The van der Waals surface area contributed by atoms with Crippen LogP contribution in [0.4, 0.5) is 0 Å². The lowest BCUT2D eigenvalue weighted by Crippen LogP contribution is -2.51. The predicted octanol–water partition coefficient (Wildman–Crippen LogP) is 0.523. The van der Waals surface area contributed by atoms with Crippen LogP contribution in [0.15, 0.2) is 24.3 Å². The van der Waals surface area contributed by atoms with Crippen molar-refractivity contribution in [3.63, 3.8) is 0 Å². The van der Waals surface area contributed by atoms with Crippen molar-refractivity contribution in [1.29, 1.82) is 0 Å². The van der Waals surface area contributed by atoms with Crippen LogP contribution >= 0.6 is 0 Å². The number of carbonyl (C=O) groups is 2. The van der Waals surface area contributed by atoms with Gasteiger partial charge < -0.3 is 14.7 Å². The molecule has 0 saturated heterocycles. The summed E-state index contributed by atoms with van der Waals surface area (Å²) in [5.74, 6) is -0.888. The van der Waals surface area contributed by atoms with E-state index >= 15 is 0 Å². The molecule has 0 unspecified atom stereocenters. The Morgan fingerprint density at radius 3 is 2.72 bits per heavy atom. The van der Waals surface area contributed by atoms with E-state index in [1.54, 1.807) is 31.2 Å². The summed E-state index contributed by atoms with van der Waals surface area (Å²) >= 11 is 0. The Hall–Kier alpha value is -1.88. The number of likely N-dealkylation sites (N-methyl/N-ethyl adjacent to an activating group) is 1. The highest BCUT2D eigenvalue weighted by Crippen LogP contribution is 2.38. The molecule has 1 aromatic carbocycles. The van der Waals surface area contributed by atoms with Crippen LogP contribution in [0.5, 0.6) is 0 Å². The van der Waals surface area contributed by atoms with E-state index < -0.39 is 18.1 Å². The summed E-state index contributed by atoms with van der Waals surface area (Å²) in [4.78, 5) is 25.5. The predicted molar refractivity (Wildman–Crippen MR) is 63.9 cm³/mol. The number of aliphatic hydroxyl groups is 1. The lowest BCUT2D eigenvalue weighted by Gasteiger charge is -2.32. The van der Waals surface area contributed by atoms with Crippen molar-refractivity contribution >= 4 is 11.9 Å². The Kier molecular flexibility index (Phi) is 3.09. The topological polar surface area (TPSA) is 66.8 Å². The number of benzene rings is 1. The summed E-state index contributed by atoms with van der Waals surface area (Å²) in [6.45, 7) is 1.39. The second kappa shape index (κ2) is 4.42. The van der Waals surface area contributed by atoms with Gasteiger partial charge in [-0.3, -0.25) is 4.79 Å². The SMILES string of the molecule is CCOC(=O)[C@@]1(CO)c2ccccc2C(=O)N1C. The van der Waals surface area contributed by atoms with Crippen molar-refractivity contribution in [1.82, 2.24) is 4.90 Å². The normalized spacial score (nSPS) is 21.9. The van der Waals surface area contributed by atoms with Crippen LogP contribution in [-0.4, -0.2) is 42.1 Å². The fourth-order valence-corrected chi connectivity index (χ4v) is 2.32. The number of fused-ring (bicyclic) bond motifs is 1. The van der Waals surface area contributed by atoms with Crippen molar-refractivity contribution in [2.24, 2.45) is 0 Å². The van der Waals surface area contributed by atoms with Gasteiger partial charge in [-0.2, -0.15) is 0 Å². The van der Waals surface area contributed by atoms with Crippen LogP contribution in [0.3, 0.4) is 0 Å². The zero-order valence-corrected chi connectivity index (χ0v) is 10.3. The summed E-state index contributed by atoms with van der Waals surface area (Å²) < 4.78 is 5.00. The molecule has 0 aliphatic carbocycles. The molecule has 1 heterocycles. The highest BCUT2D eigenvalue weighted by atomic mass is 16.5. The van der Waals surface area contributed by atoms with Gasteiger partial charge in [-0.05, 0) is 13.0 Å². The van der Waals surface area contributed by atoms with Crippen LogP contribution in [0, 0.1) is 0 Å². The average Bonchev–Trinajstić information content (AvgIpc) is 2.61. The number of rotatable bonds is 3. The molecule has 0 fully saturated rings. The first-order valence-corrected chi connectivity index (χ1v) is 5.75. The fraction of sp³-hybridized carbons (Fsp3) is 0.385. The van der Waals surface area contributed by atoms with Gasteiger partial charge in [0.1, 0.15) is 0 Å². The van der Waals surface area contributed by atoms with Gasteiger partial charge in [-0.15, -0.1) is 0 Å². The summed E-state index contributed by atoms with van der Waals surface area (Å²) in [7, 11) is 1.50. The standard InChI is InChI=1S/C13H15NO4/c1-3-18-12(17)13(8-15)10-7-5-4-6-9(10)11(16)14(13)2/h4-7,15H,3,8H2,1-2H3/t13-/m1/s1. The minimum Gasteiger partial charge on any atom is -0.464 e. The average molecular weight is 249 g/mol. The second-order valence-corrected chi connectivity index (χ2v) is 4.15. The Balaban J connectivity index is 2.61. The molecule has 5 heteroatoms. The smallest absolute Gasteiger partial charge is 0.339 e. The van der Waals surface area contributed by atoms with Crippen molar-refractivity contribution in [2.75, 3.05) is 20.3 Å². The second-order valence-electron chi connectivity index (χ2n) is 4.15. The zero-order chi connectivity index (χ0) is 13.3. The number of ether oxygens (including phenoxy) is 1. The summed E-state index contributed by atoms with van der Waals surface area (Å²) in [6, 6.07) is 6.77. The third-order valence-corrected chi connectivity index (χ3v) is 3.32. The van der Waals surface area contributed by atoms with Crippen LogP contribution in [0.25, 0.3) is 0 Å². The van der Waals surface area contributed by atoms with Crippen LogP contribution in [0.2, 0.25) is 0 Å². The molecule has 1 aliphatic heterocycles. The summed E-state index contributed by atoms with van der Waals surface area (Å²) in [5.41, 5.74) is -0.482. The van der Waals surface area contributed by atoms with Crippen molar-refractivity contribution < 1.29 is 19.4 Å². The first-order chi connectivity index (χ1) is 8.59. The zero-order valence-electron chi connectivity index (χ0n) is 10.3. The molecule has 0 aromatic heterocycles. The molecule has 1 aromatic rings. The Bertz CT molecular complexity index is 500.